The monoisotopic (exact) mass is 217 g/mol. The minimum atomic E-state index is -4.40. The summed E-state index contributed by atoms with van der Waals surface area (Å²) in [6.07, 6.45) is -1.19. The van der Waals surface area contributed by atoms with Gasteiger partial charge in [-0.3, -0.25) is 0 Å². The van der Waals surface area contributed by atoms with E-state index in [1.54, 1.807) is 0 Å². The Morgan fingerprint density at radius 3 is 2.67 bits per heavy atom. The first-order valence-electron chi connectivity index (χ1n) is 4.69. The van der Waals surface area contributed by atoms with E-state index in [4.69, 9.17) is 0 Å². The van der Waals surface area contributed by atoms with E-state index in [0.29, 0.717) is 12.5 Å². The molecule has 1 aliphatic carbocycles. The van der Waals surface area contributed by atoms with Crippen molar-refractivity contribution in [3.8, 4) is 0 Å². The van der Waals surface area contributed by atoms with E-state index >= 15 is 0 Å². The Morgan fingerprint density at radius 1 is 1.33 bits per heavy atom. The van der Waals surface area contributed by atoms with Gasteiger partial charge < -0.3 is 5.32 Å². The van der Waals surface area contributed by atoms with E-state index in [2.05, 4.69) is 15.3 Å². The number of alkyl halides is 3. The summed E-state index contributed by atoms with van der Waals surface area (Å²) < 4.78 is 36.8. The molecule has 0 unspecified atom stereocenters. The Balaban J connectivity index is 2.04. The number of hydrogen-bond acceptors (Lipinski definition) is 3. The van der Waals surface area contributed by atoms with Gasteiger partial charge in [-0.2, -0.15) is 13.2 Å². The van der Waals surface area contributed by atoms with Crippen LogP contribution in [-0.2, 0) is 6.18 Å². The predicted molar refractivity (Wildman–Crippen MR) is 48.2 cm³/mol. The van der Waals surface area contributed by atoms with Gasteiger partial charge in [0.2, 0.25) is 0 Å². The maximum Gasteiger partial charge on any atom is 0.433 e. The van der Waals surface area contributed by atoms with Crippen LogP contribution in [-0.4, -0.2) is 16.5 Å². The van der Waals surface area contributed by atoms with Crippen LogP contribution in [0, 0.1) is 5.92 Å². The molecule has 1 heterocycles. The van der Waals surface area contributed by atoms with E-state index in [-0.39, 0.29) is 5.82 Å². The van der Waals surface area contributed by atoms with E-state index in [9.17, 15) is 13.2 Å². The number of anilines is 1. The molecule has 82 valence electrons. The second kappa shape index (κ2) is 3.67. The van der Waals surface area contributed by atoms with Gasteiger partial charge in [-0.05, 0) is 18.8 Å². The van der Waals surface area contributed by atoms with Crippen molar-refractivity contribution in [1.29, 1.82) is 0 Å². The molecule has 0 bridgehead atoms. The zero-order valence-electron chi connectivity index (χ0n) is 7.88. The van der Waals surface area contributed by atoms with Crippen molar-refractivity contribution in [2.45, 2.75) is 19.0 Å². The summed E-state index contributed by atoms with van der Waals surface area (Å²) in [6, 6.07) is 0.933. The Bertz CT molecular complexity index is 347. The number of halogens is 3. The first kappa shape index (κ1) is 10.2. The second-order valence-electron chi connectivity index (χ2n) is 3.61. The quantitative estimate of drug-likeness (QED) is 0.844. The van der Waals surface area contributed by atoms with Gasteiger partial charge in [0.1, 0.15) is 17.8 Å². The molecule has 0 atom stereocenters. The van der Waals surface area contributed by atoms with E-state index in [1.165, 1.54) is 0 Å². The smallest absolute Gasteiger partial charge is 0.370 e. The SMILES string of the molecule is FC(F)(F)c1cc(NCC2CC2)ncn1. The Hall–Kier alpha value is -1.33. The topological polar surface area (TPSA) is 37.8 Å². The third-order valence-electron chi connectivity index (χ3n) is 2.23. The number of nitrogens with zero attached hydrogens (tertiary/aromatic N) is 2. The summed E-state index contributed by atoms with van der Waals surface area (Å²) in [5.41, 5.74) is -0.907. The van der Waals surface area contributed by atoms with Crippen molar-refractivity contribution in [2.24, 2.45) is 5.92 Å². The van der Waals surface area contributed by atoms with Crippen LogP contribution in [0.1, 0.15) is 18.5 Å². The summed E-state index contributed by atoms with van der Waals surface area (Å²) >= 11 is 0. The average molecular weight is 217 g/mol. The molecule has 3 nitrogen and oxygen atoms in total. The summed E-state index contributed by atoms with van der Waals surface area (Å²) in [7, 11) is 0. The fourth-order valence-corrected chi connectivity index (χ4v) is 1.18. The highest BCUT2D eigenvalue weighted by molar-refractivity contribution is 5.35. The summed E-state index contributed by atoms with van der Waals surface area (Å²) in [6.45, 7) is 0.689. The van der Waals surface area contributed by atoms with Crippen LogP contribution in [0.15, 0.2) is 12.4 Å². The van der Waals surface area contributed by atoms with Crippen molar-refractivity contribution >= 4 is 5.82 Å². The molecule has 2 rings (SSSR count). The molecule has 1 fully saturated rings. The van der Waals surface area contributed by atoms with Crippen LogP contribution in [0.4, 0.5) is 19.0 Å². The van der Waals surface area contributed by atoms with Gasteiger partial charge in [0.25, 0.3) is 0 Å². The van der Waals surface area contributed by atoms with Crippen LogP contribution in [0.3, 0.4) is 0 Å². The minimum absolute atomic E-state index is 0.240. The van der Waals surface area contributed by atoms with E-state index in [1.807, 2.05) is 0 Å². The Labute approximate surface area is 84.7 Å². The molecular formula is C9H10F3N3. The Morgan fingerprint density at radius 2 is 2.07 bits per heavy atom. The summed E-state index contributed by atoms with van der Waals surface area (Å²) in [5, 5.41) is 2.87. The van der Waals surface area contributed by atoms with Crippen molar-refractivity contribution in [3.63, 3.8) is 0 Å². The van der Waals surface area contributed by atoms with Gasteiger partial charge in [-0.15, -0.1) is 0 Å². The highest BCUT2D eigenvalue weighted by Gasteiger charge is 2.32. The van der Waals surface area contributed by atoms with Crippen LogP contribution < -0.4 is 5.32 Å². The molecule has 0 saturated heterocycles. The zero-order chi connectivity index (χ0) is 10.9. The van der Waals surface area contributed by atoms with Crippen molar-refractivity contribution in [3.05, 3.63) is 18.1 Å². The molecule has 0 spiro atoms. The van der Waals surface area contributed by atoms with E-state index in [0.717, 1.165) is 25.2 Å². The van der Waals surface area contributed by atoms with E-state index < -0.39 is 11.9 Å². The fraction of sp³-hybridized carbons (Fsp3) is 0.556. The summed E-state index contributed by atoms with van der Waals surface area (Å²) in [5.74, 6) is 0.832. The van der Waals surface area contributed by atoms with Crippen molar-refractivity contribution in [1.82, 2.24) is 9.97 Å². The zero-order valence-corrected chi connectivity index (χ0v) is 7.88. The van der Waals surface area contributed by atoms with Crippen molar-refractivity contribution in [2.75, 3.05) is 11.9 Å². The number of rotatable bonds is 3. The lowest BCUT2D eigenvalue weighted by Gasteiger charge is -2.08. The lowest BCUT2D eigenvalue weighted by molar-refractivity contribution is -0.141. The van der Waals surface area contributed by atoms with Gasteiger partial charge >= 0.3 is 6.18 Å². The first-order valence-corrected chi connectivity index (χ1v) is 4.69. The van der Waals surface area contributed by atoms with Gasteiger partial charge in [-0.1, -0.05) is 0 Å². The largest absolute Gasteiger partial charge is 0.433 e. The highest BCUT2D eigenvalue weighted by Crippen LogP contribution is 2.30. The predicted octanol–water partition coefficient (Wildman–Crippen LogP) is 2.32. The van der Waals surface area contributed by atoms with Gasteiger partial charge in [0.05, 0.1) is 0 Å². The third kappa shape index (κ3) is 2.81. The maximum atomic E-state index is 12.3. The molecule has 1 aromatic rings. The highest BCUT2D eigenvalue weighted by atomic mass is 19.4. The van der Waals surface area contributed by atoms with Crippen LogP contribution in [0.2, 0.25) is 0 Å². The molecule has 0 aromatic carbocycles. The molecular weight excluding hydrogens is 207 g/mol. The third-order valence-corrected chi connectivity index (χ3v) is 2.23. The minimum Gasteiger partial charge on any atom is -0.370 e. The van der Waals surface area contributed by atoms with Gasteiger partial charge in [0.15, 0.2) is 0 Å². The lowest BCUT2D eigenvalue weighted by atomic mass is 10.3. The molecule has 0 amide bonds. The second-order valence-corrected chi connectivity index (χ2v) is 3.61. The maximum absolute atomic E-state index is 12.3. The molecule has 15 heavy (non-hydrogen) atoms. The van der Waals surface area contributed by atoms with Crippen LogP contribution in [0.25, 0.3) is 0 Å². The number of nitrogens with one attached hydrogen (secondary N) is 1. The molecule has 0 radical (unpaired) electrons. The van der Waals surface area contributed by atoms with Gasteiger partial charge in [-0.25, -0.2) is 9.97 Å². The summed E-state index contributed by atoms with van der Waals surface area (Å²) in [4.78, 5) is 6.91. The Kier molecular flexibility index (Phi) is 2.50. The van der Waals surface area contributed by atoms with Crippen molar-refractivity contribution < 1.29 is 13.2 Å². The number of hydrogen-bond donors (Lipinski definition) is 1. The van der Waals surface area contributed by atoms with Crippen LogP contribution >= 0.6 is 0 Å². The van der Waals surface area contributed by atoms with Gasteiger partial charge in [0, 0.05) is 12.6 Å². The average Bonchev–Trinajstić information content (AvgIpc) is 2.97. The molecule has 1 aromatic heterocycles. The molecule has 1 N–H and O–H groups in total. The molecule has 6 heteroatoms. The standard InChI is InChI=1S/C9H10F3N3/c10-9(11,12)7-3-8(15-5-14-7)13-4-6-1-2-6/h3,5-6H,1-2,4H2,(H,13,14,15). The van der Waals surface area contributed by atoms with Crippen LogP contribution in [0.5, 0.6) is 0 Å². The number of aromatic nitrogens is 2. The fourth-order valence-electron chi connectivity index (χ4n) is 1.18. The molecule has 0 aliphatic heterocycles. The molecule has 1 aliphatic rings. The lowest BCUT2D eigenvalue weighted by Crippen LogP contribution is -2.11. The normalized spacial score (nSPS) is 16.5. The first-order chi connectivity index (χ1) is 7.05. The molecule has 1 saturated carbocycles.